The van der Waals surface area contributed by atoms with Gasteiger partial charge in [0.05, 0.1) is 17.9 Å². The molecule has 1 aliphatic rings. The van der Waals surface area contributed by atoms with Crippen LogP contribution in [0.4, 0.5) is 25.1 Å². The van der Waals surface area contributed by atoms with Gasteiger partial charge in [0, 0.05) is 17.0 Å². The summed E-state index contributed by atoms with van der Waals surface area (Å²) in [7, 11) is 0. The molecule has 2 heterocycles. The van der Waals surface area contributed by atoms with Gasteiger partial charge in [-0.1, -0.05) is 0 Å². The van der Waals surface area contributed by atoms with Crippen molar-refractivity contribution in [2.24, 2.45) is 5.73 Å². The molecule has 1 unspecified atom stereocenters. The highest BCUT2D eigenvalue weighted by Gasteiger charge is 2.25. The minimum Gasteiger partial charge on any atom is -0.439 e. The highest BCUT2D eigenvalue weighted by molar-refractivity contribution is 9.10. The van der Waals surface area contributed by atoms with Gasteiger partial charge in [0.2, 0.25) is 5.91 Å². The van der Waals surface area contributed by atoms with Crippen LogP contribution in [0.1, 0.15) is 17.4 Å². The fraction of sp³-hybridized carbons (Fsp3) is 0.188. The predicted molar refractivity (Wildman–Crippen MR) is 92.5 cm³/mol. The van der Waals surface area contributed by atoms with Crippen LogP contribution < -0.4 is 16.4 Å². The summed E-state index contributed by atoms with van der Waals surface area (Å²) in [5, 5.41) is 5.48. The van der Waals surface area contributed by atoms with Crippen molar-refractivity contribution in [1.82, 2.24) is 4.98 Å². The number of pyridine rings is 1. The molecule has 7 nitrogen and oxygen atoms in total. The molecule has 10 heteroatoms. The first-order chi connectivity index (χ1) is 12.3. The van der Waals surface area contributed by atoms with Crippen molar-refractivity contribution in [2.45, 2.75) is 12.5 Å². The summed E-state index contributed by atoms with van der Waals surface area (Å²) in [6.07, 6.45) is -2.10. The number of halogens is 3. The number of carbonyl (C=O) groups excluding carboxylic acids is 2. The molecule has 0 saturated carbocycles. The molecule has 1 atom stereocenters. The third kappa shape index (κ3) is 4.07. The van der Waals surface area contributed by atoms with Crippen LogP contribution in [0.3, 0.4) is 0 Å². The molecule has 136 valence electrons. The lowest BCUT2D eigenvalue weighted by atomic mass is 10.0. The van der Waals surface area contributed by atoms with Crippen LogP contribution in [0.2, 0.25) is 0 Å². The second-order valence-corrected chi connectivity index (χ2v) is 6.42. The van der Waals surface area contributed by atoms with Crippen molar-refractivity contribution >= 4 is 39.4 Å². The number of aromatic nitrogens is 1. The second kappa shape index (κ2) is 7.24. The zero-order valence-corrected chi connectivity index (χ0v) is 14.8. The Kier molecular flexibility index (Phi) is 5.03. The summed E-state index contributed by atoms with van der Waals surface area (Å²) >= 11 is 3.31. The van der Waals surface area contributed by atoms with E-state index < -0.39 is 23.8 Å². The molecule has 2 aromatic rings. The maximum atomic E-state index is 13.4. The first-order valence-electron chi connectivity index (χ1n) is 7.47. The summed E-state index contributed by atoms with van der Waals surface area (Å²) in [6, 6.07) is 4.59. The molecule has 0 saturated heterocycles. The fourth-order valence-electron chi connectivity index (χ4n) is 2.59. The van der Waals surface area contributed by atoms with Gasteiger partial charge >= 0.3 is 6.09 Å². The Morgan fingerprint density at radius 3 is 2.65 bits per heavy atom. The predicted octanol–water partition coefficient (Wildman–Crippen LogP) is 2.87. The number of rotatable bonds is 4. The van der Waals surface area contributed by atoms with Gasteiger partial charge in [0.15, 0.2) is 11.9 Å². The van der Waals surface area contributed by atoms with Crippen LogP contribution in [-0.2, 0) is 16.0 Å². The third-order valence-corrected chi connectivity index (χ3v) is 4.24. The topological polar surface area (TPSA) is 106 Å². The van der Waals surface area contributed by atoms with Crippen molar-refractivity contribution in [1.29, 1.82) is 0 Å². The molecule has 1 aromatic heterocycles. The second-order valence-electron chi connectivity index (χ2n) is 5.56. The zero-order chi connectivity index (χ0) is 18.8. The number of amides is 2. The maximum Gasteiger partial charge on any atom is 0.405 e. The number of nitrogens with one attached hydrogen (secondary N) is 2. The van der Waals surface area contributed by atoms with Crippen LogP contribution in [0.15, 0.2) is 28.7 Å². The van der Waals surface area contributed by atoms with Crippen molar-refractivity contribution < 1.29 is 23.1 Å². The summed E-state index contributed by atoms with van der Waals surface area (Å²) in [5.41, 5.74) is 6.13. The van der Waals surface area contributed by atoms with Gasteiger partial charge in [-0.15, -0.1) is 0 Å². The summed E-state index contributed by atoms with van der Waals surface area (Å²) in [5.74, 6) is -1.34. The monoisotopic (exact) mass is 426 g/mol. The largest absolute Gasteiger partial charge is 0.439 e. The van der Waals surface area contributed by atoms with E-state index in [1.54, 1.807) is 6.07 Å². The molecule has 4 N–H and O–H groups in total. The van der Waals surface area contributed by atoms with Crippen LogP contribution in [-0.4, -0.2) is 23.5 Å². The normalized spacial score (nSPS) is 14.0. The van der Waals surface area contributed by atoms with E-state index in [4.69, 9.17) is 10.5 Å². The smallest absolute Gasteiger partial charge is 0.405 e. The molecule has 0 radical (unpaired) electrons. The van der Waals surface area contributed by atoms with Crippen LogP contribution in [0, 0.1) is 11.6 Å². The van der Waals surface area contributed by atoms with Crippen molar-refractivity contribution in [3.8, 4) is 0 Å². The minimum atomic E-state index is -1.06. The van der Waals surface area contributed by atoms with Gasteiger partial charge in [-0.2, -0.15) is 0 Å². The Morgan fingerprint density at radius 1 is 1.31 bits per heavy atom. The highest BCUT2D eigenvalue weighted by atomic mass is 79.9. The van der Waals surface area contributed by atoms with Gasteiger partial charge in [0.25, 0.3) is 0 Å². The molecule has 0 aliphatic carbocycles. The van der Waals surface area contributed by atoms with E-state index in [9.17, 15) is 18.4 Å². The Hall–Kier alpha value is -2.75. The van der Waals surface area contributed by atoms with Crippen molar-refractivity contribution in [2.75, 3.05) is 17.2 Å². The fourth-order valence-corrected chi connectivity index (χ4v) is 3.17. The van der Waals surface area contributed by atoms with Gasteiger partial charge < -0.3 is 21.1 Å². The molecule has 0 spiro atoms. The maximum absolute atomic E-state index is 13.4. The first-order valence-corrected chi connectivity index (χ1v) is 8.26. The average molecular weight is 427 g/mol. The third-order valence-electron chi connectivity index (χ3n) is 3.60. The zero-order valence-electron chi connectivity index (χ0n) is 13.2. The molecule has 0 fully saturated rings. The number of anilines is 2. The molecular weight excluding hydrogens is 414 g/mol. The number of primary amides is 1. The van der Waals surface area contributed by atoms with E-state index in [2.05, 4.69) is 31.5 Å². The Labute approximate surface area is 155 Å². The minimum absolute atomic E-state index is 0.0392. The van der Waals surface area contributed by atoms with E-state index in [0.717, 1.165) is 18.2 Å². The van der Waals surface area contributed by atoms with E-state index in [-0.39, 0.29) is 30.1 Å². The molecule has 0 bridgehead atoms. The number of ether oxygens (including phenoxy) is 1. The quantitative estimate of drug-likeness (QED) is 0.696. The Balaban J connectivity index is 1.97. The van der Waals surface area contributed by atoms with Gasteiger partial charge in [-0.05, 0) is 39.7 Å². The average Bonchev–Trinajstić information content (AvgIpc) is 2.52. The van der Waals surface area contributed by atoms with E-state index in [1.807, 2.05) is 0 Å². The van der Waals surface area contributed by atoms with Crippen LogP contribution >= 0.6 is 15.9 Å². The van der Waals surface area contributed by atoms with Crippen LogP contribution in [0.5, 0.6) is 0 Å². The van der Waals surface area contributed by atoms with Crippen molar-refractivity contribution in [3.63, 3.8) is 0 Å². The number of benzene rings is 1. The number of hydrogen-bond donors (Lipinski definition) is 3. The van der Waals surface area contributed by atoms with E-state index in [0.29, 0.717) is 16.0 Å². The molecule has 1 aliphatic heterocycles. The number of carbonyl (C=O) groups is 2. The SMILES string of the molecule is NC(=O)OC(Cc1cc(F)cc(F)c1)c1nc2c(cc1Br)NC(=O)CN2. The highest BCUT2D eigenvalue weighted by Crippen LogP contribution is 2.34. The van der Waals surface area contributed by atoms with Gasteiger partial charge in [-0.25, -0.2) is 18.6 Å². The Morgan fingerprint density at radius 2 is 2.00 bits per heavy atom. The summed E-state index contributed by atoms with van der Waals surface area (Å²) < 4.78 is 32.4. The van der Waals surface area contributed by atoms with Crippen molar-refractivity contribution in [3.05, 3.63) is 51.6 Å². The number of fused-ring (bicyclic) bond motifs is 1. The molecule has 26 heavy (non-hydrogen) atoms. The molecular formula is C16H13BrF2N4O3. The van der Waals surface area contributed by atoms with Crippen LogP contribution in [0.25, 0.3) is 0 Å². The molecule has 2 amide bonds. The van der Waals surface area contributed by atoms with Gasteiger partial charge in [-0.3, -0.25) is 4.79 Å². The first kappa shape index (κ1) is 18.1. The lowest BCUT2D eigenvalue weighted by Crippen LogP contribution is -2.29. The standard InChI is InChI=1S/C16H13BrF2N4O3/c17-10-5-11-15(21-6-13(24)22-11)23-14(10)12(26-16(20)25)3-7-1-8(18)4-9(19)2-7/h1-2,4-5,12H,3,6H2,(H2,20,25)(H,21,23)(H,22,24). The summed E-state index contributed by atoms with van der Waals surface area (Å²) in [6.45, 7) is 0.0392. The Bertz CT molecular complexity index is 874. The molecule has 3 rings (SSSR count). The lowest BCUT2D eigenvalue weighted by Gasteiger charge is -2.23. The van der Waals surface area contributed by atoms with E-state index in [1.165, 1.54) is 0 Å². The lowest BCUT2D eigenvalue weighted by molar-refractivity contribution is -0.114. The number of nitrogens with two attached hydrogens (primary N) is 1. The van der Waals surface area contributed by atoms with E-state index >= 15 is 0 Å². The molecule has 1 aromatic carbocycles. The van der Waals surface area contributed by atoms with Gasteiger partial charge in [0.1, 0.15) is 11.6 Å². The number of nitrogens with zero attached hydrogens (tertiary/aromatic N) is 1. The summed E-state index contributed by atoms with van der Waals surface area (Å²) in [4.78, 5) is 27.1. The number of hydrogen-bond acceptors (Lipinski definition) is 5.